The molecule has 1 aliphatic heterocycles. The van der Waals surface area contributed by atoms with E-state index in [2.05, 4.69) is 46.7 Å². The van der Waals surface area contributed by atoms with Crippen molar-refractivity contribution in [2.24, 2.45) is 5.92 Å². The van der Waals surface area contributed by atoms with Gasteiger partial charge >= 0.3 is 6.03 Å². The number of hydrogen-bond acceptors (Lipinski definition) is 3. The lowest BCUT2D eigenvalue weighted by molar-refractivity contribution is 0.175. The van der Waals surface area contributed by atoms with Crippen LogP contribution in [0.4, 0.5) is 10.5 Å². The molecule has 4 nitrogen and oxygen atoms in total. The van der Waals surface area contributed by atoms with Crippen LogP contribution in [0.15, 0.2) is 53.4 Å². The standard InChI is InChI=1S/C22H29N3OS/c1-17-6-3-4-7-19(17)16-25-12-10-18(11-13-25)15-23-22(26)24-20-8-5-9-21(14-20)27-2/h3-9,14,18H,10-13,15-16H2,1-2H3,(H2,23,24,26). The van der Waals surface area contributed by atoms with Crippen LogP contribution in [0.3, 0.4) is 0 Å². The van der Waals surface area contributed by atoms with Crippen LogP contribution < -0.4 is 10.6 Å². The summed E-state index contributed by atoms with van der Waals surface area (Å²) in [5.74, 6) is 0.557. The summed E-state index contributed by atoms with van der Waals surface area (Å²) in [6.07, 6.45) is 4.30. The predicted molar refractivity (Wildman–Crippen MR) is 114 cm³/mol. The van der Waals surface area contributed by atoms with Crippen LogP contribution in [0.2, 0.25) is 0 Å². The first kappa shape index (κ1) is 19.8. The molecule has 0 atom stereocenters. The number of hydrogen-bond donors (Lipinski definition) is 2. The Morgan fingerprint density at radius 1 is 1.15 bits per heavy atom. The lowest BCUT2D eigenvalue weighted by Gasteiger charge is -2.32. The van der Waals surface area contributed by atoms with Crippen LogP contribution >= 0.6 is 11.8 Å². The van der Waals surface area contributed by atoms with Crippen molar-refractivity contribution in [3.05, 3.63) is 59.7 Å². The maximum Gasteiger partial charge on any atom is 0.319 e. The summed E-state index contributed by atoms with van der Waals surface area (Å²) < 4.78 is 0. The number of carbonyl (C=O) groups excluding carboxylic acids is 1. The monoisotopic (exact) mass is 383 g/mol. The average molecular weight is 384 g/mol. The minimum Gasteiger partial charge on any atom is -0.338 e. The van der Waals surface area contributed by atoms with E-state index >= 15 is 0 Å². The van der Waals surface area contributed by atoms with Crippen LogP contribution in [0.25, 0.3) is 0 Å². The van der Waals surface area contributed by atoms with Gasteiger partial charge in [0.25, 0.3) is 0 Å². The zero-order valence-corrected chi connectivity index (χ0v) is 17.0. The number of amides is 2. The highest BCUT2D eigenvalue weighted by atomic mass is 32.2. The highest BCUT2D eigenvalue weighted by molar-refractivity contribution is 7.98. The summed E-state index contributed by atoms with van der Waals surface area (Å²) in [5.41, 5.74) is 3.62. The van der Waals surface area contributed by atoms with Crippen molar-refractivity contribution in [2.45, 2.75) is 31.2 Å². The van der Waals surface area contributed by atoms with Gasteiger partial charge in [-0.25, -0.2) is 4.79 Å². The van der Waals surface area contributed by atoms with Gasteiger partial charge in [-0.3, -0.25) is 4.90 Å². The molecule has 2 aromatic carbocycles. The molecule has 0 radical (unpaired) electrons. The number of nitrogens with one attached hydrogen (secondary N) is 2. The van der Waals surface area contributed by atoms with E-state index in [0.29, 0.717) is 5.92 Å². The smallest absolute Gasteiger partial charge is 0.319 e. The Balaban J connectivity index is 1.39. The largest absolute Gasteiger partial charge is 0.338 e. The molecule has 0 saturated carbocycles. The minimum absolute atomic E-state index is 0.115. The highest BCUT2D eigenvalue weighted by Gasteiger charge is 2.20. The predicted octanol–water partition coefficient (Wildman–Crippen LogP) is 4.75. The van der Waals surface area contributed by atoms with Crippen molar-refractivity contribution >= 4 is 23.5 Å². The minimum atomic E-state index is -0.115. The first-order valence-electron chi connectivity index (χ1n) is 9.60. The maximum atomic E-state index is 12.2. The summed E-state index contributed by atoms with van der Waals surface area (Å²) in [6.45, 7) is 6.14. The quantitative estimate of drug-likeness (QED) is 0.708. The molecule has 2 aromatic rings. The van der Waals surface area contributed by atoms with Crippen molar-refractivity contribution in [2.75, 3.05) is 31.2 Å². The molecule has 2 N–H and O–H groups in total. The fourth-order valence-electron chi connectivity index (χ4n) is 3.49. The van der Waals surface area contributed by atoms with Crippen LogP contribution in [-0.4, -0.2) is 36.8 Å². The normalized spacial score (nSPS) is 15.5. The Hall–Kier alpha value is -1.98. The van der Waals surface area contributed by atoms with E-state index in [1.165, 1.54) is 11.1 Å². The zero-order chi connectivity index (χ0) is 19.1. The van der Waals surface area contributed by atoms with Crippen LogP contribution in [0, 0.1) is 12.8 Å². The number of thioether (sulfide) groups is 1. The summed E-state index contributed by atoms with van der Waals surface area (Å²) in [4.78, 5) is 15.8. The number of urea groups is 1. The summed E-state index contributed by atoms with van der Waals surface area (Å²) >= 11 is 1.67. The molecule has 5 heteroatoms. The van der Waals surface area contributed by atoms with Gasteiger partial charge in [0.05, 0.1) is 0 Å². The second-order valence-corrected chi connectivity index (χ2v) is 8.09. The van der Waals surface area contributed by atoms with Crippen LogP contribution in [-0.2, 0) is 6.54 Å². The number of benzene rings is 2. The summed E-state index contributed by atoms with van der Waals surface area (Å²) in [5, 5.41) is 5.97. The third-order valence-corrected chi connectivity index (χ3v) is 5.97. The molecule has 0 aliphatic carbocycles. The number of likely N-dealkylation sites (tertiary alicyclic amines) is 1. The van der Waals surface area contributed by atoms with Crippen molar-refractivity contribution in [3.8, 4) is 0 Å². The molecule has 0 bridgehead atoms. The molecule has 2 amide bonds. The lowest BCUT2D eigenvalue weighted by atomic mass is 9.96. The van der Waals surface area contributed by atoms with Gasteiger partial charge in [-0.1, -0.05) is 30.3 Å². The first-order valence-corrected chi connectivity index (χ1v) is 10.8. The van der Waals surface area contributed by atoms with Gasteiger partial charge < -0.3 is 10.6 Å². The van der Waals surface area contributed by atoms with Crippen LogP contribution in [0.5, 0.6) is 0 Å². The van der Waals surface area contributed by atoms with Gasteiger partial charge in [0.15, 0.2) is 0 Å². The van der Waals surface area contributed by atoms with E-state index < -0.39 is 0 Å². The Kier molecular flexibility index (Phi) is 7.18. The topological polar surface area (TPSA) is 44.4 Å². The van der Waals surface area contributed by atoms with Gasteiger partial charge in [-0.15, -0.1) is 11.8 Å². The Morgan fingerprint density at radius 3 is 2.67 bits per heavy atom. The van der Waals surface area contributed by atoms with E-state index in [1.807, 2.05) is 30.5 Å². The fourth-order valence-corrected chi connectivity index (χ4v) is 3.95. The fraction of sp³-hybridized carbons (Fsp3) is 0.409. The molecular formula is C22H29N3OS. The van der Waals surface area contributed by atoms with E-state index in [-0.39, 0.29) is 6.03 Å². The molecule has 0 aromatic heterocycles. The Morgan fingerprint density at radius 2 is 1.93 bits per heavy atom. The van der Waals surface area contributed by atoms with Gasteiger partial charge in [0, 0.05) is 23.7 Å². The molecule has 0 spiro atoms. The number of rotatable bonds is 6. The molecule has 27 heavy (non-hydrogen) atoms. The van der Waals surface area contributed by atoms with Crippen molar-refractivity contribution in [1.29, 1.82) is 0 Å². The first-order chi connectivity index (χ1) is 13.1. The molecule has 1 fully saturated rings. The van der Waals surface area contributed by atoms with Crippen molar-refractivity contribution < 1.29 is 4.79 Å². The maximum absolute atomic E-state index is 12.2. The second-order valence-electron chi connectivity index (χ2n) is 7.21. The summed E-state index contributed by atoms with van der Waals surface area (Å²) in [6, 6.07) is 16.4. The third kappa shape index (κ3) is 6.01. The number of carbonyl (C=O) groups is 1. The summed E-state index contributed by atoms with van der Waals surface area (Å²) in [7, 11) is 0. The molecule has 1 aliphatic rings. The van der Waals surface area contributed by atoms with Crippen molar-refractivity contribution in [1.82, 2.24) is 10.2 Å². The number of aryl methyl sites for hydroxylation is 1. The van der Waals surface area contributed by atoms with Crippen LogP contribution in [0.1, 0.15) is 24.0 Å². The average Bonchev–Trinajstić information content (AvgIpc) is 2.69. The molecule has 1 heterocycles. The molecular weight excluding hydrogens is 354 g/mol. The van der Waals surface area contributed by atoms with E-state index in [0.717, 1.165) is 49.6 Å². The van der Waals surface area contributed by atoms with E-state index in [1.54, 1.807) is 11.8 Å². The Labute approximate surface area is 166 Å². The van der Waals surface area contributed by atoms with Gasteiger partial charge in [0.2, 0.25) is 0 Å². The molecule has 144 valence electrons. The molecule has 0 unspecified atom stereocenters. The number of anilines is 1. The molecule has 1 saturated heterocycles. The van der Waals surface area contributed by atoms with E-state index in [4.69, 9.17) is 0 Å². The zero-order valence-electron chi connectivity index (χ0n) is 16.2. The van der Waals surface area contributed by atoms with Gasteiger partial charge in [-0.2, -0.15) is 0 Å². The van der Waals surface area contributed by atoms with E-state index in [9.17, 15) is 4.79 Å². The van der Waals surface area contributed by atoms with Gasteiger partial charge in [-0.05, 0) is 74.4 Å². The Bertz CT molecular complexity index is 757. The second kappa shape index (κ2) is 9.81. The highest BCUT2D eigenvalue weighted by Crippen LogP contribution is 2.20. The van der Waals surface area contributed by atoms with Crippen molar-refractivity contribution in [3.63, 3.8) is 0 Å². The number of piperidine rings is 1. The SMILES string of the molecule is CSc1cccc(NC(=O)NCC2CCN(Cc3ccccc3C)CC2)c1. The number of nitrogens with zero attached hydrogens (tertiary/aromatic N) is 1. The third-order valence-electron chi connectivity index (χ3n) is 5.24. The lowest BCUT2D eigenvalue weighted by Crippen LogP contribution is -2.39. The van der Waals surface area contributed by atoms with Gasteiger partial charge in [0.1, 0.15) is 0 Å². The molecule has 3 rings (SSSR count).